The highest BCUT2D eigenvalue weighted by Gasteiger charge is 2.23. The number of ether oxygens (including phenoxy) is 2. The summed E-state index contributed by atoms with van der Waals surface area (Å²) in [4.78, 5) is 27.5. The van der Waals surface area contributed by atoms with Crippen LogP contribution in [0.25, 0.3) is 21.6 Å². The Morgan fingerprint density at radius 2 is 1.74 bits per heavy atom. The van der Waals surface area contributed by atoms with Gasteiger partial charge in [-0.05, 0) is 84.4 Å². The van der Waals surface area contributed by atoms with Crippen LogP contribution in [0.15, 0.2) is 84.9 Å². The van der Waals surface area contributed by atoms with E-state index in [4.69, 9.17) is 9.47 Å². The van der Waals surface area contributed by atoms with Gasteiger partial charge in [-0.2, -0.15) is 11.8 Å². The van der Waals surface area contributed by atoms with Crippen molar-refractivity contribution >= 4 is 35.0 Å². The van der Waals surface area contributed by atoms with Crippen LogP contribution in [-0.2, 0) is 20.9 Å². The fourth-order valence-corrected chi connectivity index (χ4v) is 6.14. The highest BCUT2D eigenvalue weighted by molar-refractivity contribution is 7.98. The van der Waals surface area contributed by atoms with E-state index >= 15 is 0 Å². The van der Waals surface area contributed by atoms with Gasteiger partial charge in [-0.3, -0.25) is 4.79 Å². The van der Waals surface area contributed by atoms with Crippen molar-refractivity contribution in [3.05, 3.63) is 106 Å². The first kappa shape index (κ1) is 31.5. The molecule has 220 valence electrons. The molecule has 2 N–H and O–H groups in total. The summed E-state index contributed by atoms with van der Waals surface area (Å²) >= 11 is 3.24. The van der Waals surface area contributed by atoms with Crippen LogP contribution in [0.1, 0.15) is 45.8 Å². The van der Waals surface area contributed by atoms with Crippen LogP contribution in [-0.4, -0.2) is 48.2 Å². The van der Waals surface area contributed by atoms with Crippen molar-refractivity contribution in [2.24, 2.45) is 0 Å². The van der Waals surface area contributed by atoms with Gasteiger partial charge in [0.05, 0.1) is 13.2 Å². The van der Waals surface area contributed by atoms with E-state index in [2.05, 4.69) is 29.6 Å². The number of hydrogen-bond donors (Lipinski definition) is 2. The van der Waals surface area contributed by atoms with Crippen molar-refractivity contribution in [1.29, 1.82) is 0 Å². The van der Waals surface area contributed by atoms with Crippen LogP contribution >= 0.6 is 23.1 Å². The van der Waals surface area contributed by atoms with Crippen molar-refractivity contribution in [2.45, 2.75) is 39.0 Å². The smallest absolute Gasteiger partial charge is 0.326 e. The molecule has 0 fully saturated rings. The first-order valence-corrected chi connectivity index (χ1v) is 16.2. The standard InChI is InChI=1S/C34H37NO5S2/c1-4-39-22-30(32-17-16-31(42-32)25-11-6-5-7-12-25)40-21-24-14-15-27(28(20-24)26-13-9-8-10-23(26)2)33(36)35-29(34(37)38)18-19-41-3/h5-17,20,29-30H,4,18-19,21-22H2,1-3H3,(H,35,36)(H,37,38)/t29-,30-/m0/s1. The predicted octanol–water partition coefficient (Wildman–Crippen LogP) is 7.62. The van der Waals surface area contributed by atoms with Crippen LogP contribution in [0.2, 0.25) is 0 Å². The third-order valence-electron chi connectivity index (χ3n) is 6.90. The first-order chi connectivity index (χ1) is 20.4. The predicted molar refractivity (Wildman–Crippen MR) is 172 cm³/mol. The van der Waals surface area contributed by atoms with Crippen molar-refractivity contribution < 1.29 is 24.2 Å². The molecular weight excluding hydrogens is 567 g/mol. The van der Waals surface area contributed by atoms with E-state index < -0.39 is 17.9 Å². The lowest BCUT2D eigenvalue weighted by Crippen LogP contribution is -2.41. The number of thioether (sulfide) groups is 1. The van der Waals surface area contributed by atoms with Gasteiger partial charge in [-0.25, -0.2) is 4.79 Å². The number of carboxylic acid groups (broad SMARTS) is 1. The van der Waals surface area contributed by atoms with E-state index in [1.54, 1.807) is 29.2 Å². The minimum absolute atomic E-state index is 0.245. The normalized spacial score (nSPS) is 12.5. The summed E-state index contributed by atoms with van der Waals surface area (Å²) in [7, 11) is 0. The highest BCUT2D eigenvalue weighted by Crippen LogP contribution is 2.34. The minimum Gasteiger partial charge on any atom is -0.480 e. The van der Waals surface area contributed by atoms with Crippen LogP contribution in [0, 0.1) is 6.92 Å². The number of aryl methyl sites for hydroxylation is 1. The third kappa shape index (κ3) is 8.32. The number of rotatable bonds is 15. The summed E-state index contributed by atoms with van der Waals surface area (Å²) in [6.45, 7) is 5.31. The molecule has 0 saturated carbocycles. The zero-order valence-corrected chi connectivity index (χ0v) is 25.8. The molecular formula is C34H37NO5S2. The van der Waals surface area contributed by atoms with Crippen LogP contribution in [0.4, 0.5) is 0 Å². The molecule has 42 heavy (non-hydrogen) atoms. The molecule has 4 rings (SSSR count). The molecule has 0 aliphatic heterocycles. The van der Waals surface area contributed by atoms with E-state index in [1.807, 2.05) is 74.7 Å². The average molecular weight is 604 g/mol. The number of nitrogens with one attached hydrogen (secondary N) is 1. The molecule has 0 aliphatic carbocycles. The Labute approximate surface area is 256 Å². The van der Waals surface area contributed by atoms with E-state index in [1.165, 1.54) is 10.4 Å². The second kappa shape index (κ2) is 15.7. The third-order valence-corrected chi connectivity index (χ3v) is 8.78. The number of carbonyl (C=O) groups excluding carboxylic acids is 1. The monoisotopic (exact) mass is 603 g/mol. The van der Waals surface area contributed by atoms with Crippen molar-refractivity contribution in [2.75, 3.05) is 25.2 Å². The molecule has 1 amide bonds. The van der Waals surface area contributed by atoms with E-state index in [0.29, 0.717) is 37.6 Å². The number of thiophene rings is 1. The highest BCUT2D eigenvalue weighted by atomic mass is 32.2. The largest absolute Gasteiger partial charge is 0.480 e. The summed E-state index contributed by atoms with van der Waals surface area (Å²) in [6, 6.07) is 27.0. The molecule has 3 aromatic carbocycles. The zero-order chi connectivity index (χ0) is 29.9. The molecule has 0 saturated heterocycles. The quantitative estimate of drug-likeness (QED) is 0.145. The van der Waals surface area contributed by atoms with Crippen LogP contribution in [0.5, 0.6) is 0 Å². The fourth-order valence-electron chi connectivity index (χ4n) is 4.62. The summed E-state index contributed by atoms with van der Waals surface area (Å²) in [5, 5.41) is 12.4. The number of benzene rings is 3. The van der Waals surface area contributed by atoms with E-state index in [-0.39, 0.29) is 6.10 Å². The lowest BCUT2D eigenvalue weighted by atomic mass is 9.93. The van der Waals surface area contributed by atoms with Gasteiger partial charge in [0.25, 0.3) is 5.91 Å². The maximum absolute atomic E-state index is 13.4. The molecule has 1 aromatic heterocycles. The van der Waals surface area contributed by atoms with Gasteiger partial charge in [0.1, 0.15) is 12.1 Å². The van der Waals surface area contributed by atoms with Gasteiger partial charge in [-0.15, -0.1) is 11.3 Å². The van der Waals surface area contributed by atoms with Gasteiger partial charge < -0.3 is 19.9 Å². The fraction of sp³-hybridized carbons (Fsp3) is 0.294. The molecule has 0 aliphatic rings. The maximum Gasteiger partial charge on any atom is 0.326 e. The number of amides is 1. The molecule has 0 unspecified atom stereocenters. The molecule has 4 aromatic rings. The Bertz CT molecular complexity index is 1470. The molecule has 6 nitrogen and oxygen atoms in total. The summed E-state index contributed by atoms with van der Waals surface area (Å²) < 4.78 is 12.2. The second-order valence-electron chi connectivity index (χ2n) is 9.87. The molecule has 0 bridgehead atoms. The molecule has 2 atom stereocenters. The Balaban J connectivity index is 1.59. The maximum atomic E-state index is 13.4. The topological polar surface area (TPSA) is 84.9 Å². The number of hydrogen-bond acceptors (Lipinski definition) is 6. The van der Waals surface area contributed by atoms with Gasteiger partial charge in [-0.1, -0.05) is 60.7 Å². The summed E-state index contributed by atoms with van der Waals surface area (Å²) in [6.07, 6.45) is 2.02. The molecule has 1 heterocycles. The minimum atomic E-state index is -1.04. The summed E-state index contributed by atoms with van der Waals surface area (Å²) in [5.74, 6) is -0.808. The Morgan fingerprint density at radius 3 is 2.45 bits per heavy atom. The first-order valence-electron chi connectivity index (χ1n) is 14.0. The van der Waals surface area contributed by atoms with E-state index in [9.17, 15) is 14.7 Å². The zero-order valence-electron chi connectivity index (χ0n) is 24.2. The van der Waals surface area contributed by atoms with Crippen molar-refractivity contribution in [3.63, 3.8) is 0 Å². The summed E-state index contributed by atoms with van der Waals surface area (Å²) in [5.41, 5.74) is 5.17. The van der Waals surface area contributed by atoms with Gasteiger partial charge >= 0.3 is 5.97 Å². The Morgan fingerprint density at radius 1 is 0.976 bits per heavy atom. The van der Waals surface area contributed by atoms with E-state index in [0.717, 1.165) is 27.1 Å². The van der Waals surface area contributed by atoms with Gasteiger partial charge in [0.15, 0.2) is 0 Å². The number of carbonyl (C=O) groups is 2. The van der Waals surface area contributed by atoms with Gasteiger partial charge in [0.2, 0.25) is 0 Å². The lowest BCUT2D eigenvalue weighted by molar-refractivity contribution is -0.139. The number of carboxylic acids is 1. The Hall–Kier alpha value is -3.43. The average Bonchev–Trinajstić information content (AvgIpc) is 3.50. The SMILES string of the molecule is CCOC[C@H](OCc1ccc(C(=O)N[C@@H](CCSC)C(=O)O)c(-c2ccccc2C)c1)c1ccc(-c2ccccc2)s1. The lowest BCUT2D eigenvalue weighted by Gasteiger charge is -2.19. The van der Waals surface area contributed by atoms with Crippen molar-refractivity contribution in [3.8, 4) is 21.6 Å². The Kier molecular flexibility index (Phi) is 11.8. The molecule has 0 spiro atoms. The van der Waals surface area contributed by atoms with Crippen LogP contribution < -0.4 is 5.32 Å². The second-order valence-corrected chi connectivity index (χ2v) is 12.0. The molecule has 0 radical (unpaired) electrons. The number of aliphatic carboxylic acids is 1. The van der Waals surface area contributed by atoms with Gasteiger partial charge in [0, 0.05) is 21.9 Å². The van der Waals surface area contributed by atoms with Crippen LogP contribution in [0.3, 0.4) is 0 Å². The van der Waals surface area contributed by atoms with Crippen molar-refractivity contribution in [1.82, 2.24) is 5.32 Å². The molecule has 8 heteroatoms.